The normalized spacial score (nSPS) is 22.2. The summed E-state index contributed by atoms with van der Waals surface area (Å²) in [6.07, 6.45) is 4.83. The van der Waals surface area contributed by atoms with Gasteiger partial charge in [0.2, 0.25) is 0 Å². The molecule has 2 rings (SSSR count). The summed E-state index contributed by atoms with van der Waals surface area (Å²) in [5.41, 5.74) is 9.16. The molecule has 2 nitrogen and oxygen atoms in total. The van der Waals surface area contributed by atoms with E-state index in [9.17, 15) is 0 Å². The van der Waals surface area contributed by atoms with Gasteiger partial charge >= 0.3 is 0 Å². The SMILES string of the molecule is CCC(C)(C)c1ccc(C(N)C2CCCCO2)cc1. The molecule has 0 aromatic heterocycles. The highest BCUT2D eigenvalue weighted by Crippen LogP contribution is 2.29. The molecule has 1 heterocycles. The van der Waals surface area contributed by atoms with Gasteiger partial charge in [0.25, 0.3) is 0 Å². The summed E-state index contributed by atoms with van der Waals surface area (Å²) in [6, 6.07) is 8.81. The van der Waals surface area contributed by atoms with Crippen molar-refractivity contribution in [3.8, 4) is 0 Å². The van der Waals surface area contributed by atoms with Crippen molar-refractivity contribution < 1.29 is 4.74 Å². The van der Waals surface area contributed by atoms with Crippen LogP contribution in [0.4, 0.5) is 0 Å². The molecule has 1 saturated heterocycles. The van der Waals surface area contributed by atoms with Gasteiger partial charge in [-0.15, -0.1) is 0 Å². The highest BCUT2D eigenvalue weighted by Gasteiger charge is 2.23. The first-order valence-corrected chi connectivity index (χ1v) is 7.52. The van der Waals surface area contributed by atoms with Crippen molar-refractivity contribution >= 4 is 0 Å². The van der Waals surface area contributed by atoms with Gasteiger partial charge in [-0.05, 0) is 42.2 Å². The van der Waals surface area contributed by atoms with E-state index in [4.69, 9.17) is 10.5 Å². The van der Waals surface area contributed by atoms with E-state index in [0.717, 1.165) is 19.4 Å². The lowest BCUT2D eigenvalue weighted by molar-refractivity contribution is 0.00000875. The monoisotopic (exact) mass is 261 g/mol. The zero-order chi connectivity index (χ0) is 13.9. The molecule has 1 aromatic rings. The first-order chi connectivity index (χ1) is 9.04. The molecule has 1 aromatic carbocycles. The minimum Gasteiger partial charge on any atom is -0.376 e. The molecule has 2 atom stereocenters. The summed E-state index contributed by atoms with van der Waals surface area (Å²) in [6.45, 7) is 7.66. The molecular weight excluding hydrogens is 234 g/mol. The fraction of sp³-hybridized carbons (Fsp3) is 0.647. The minimum atomic E-state index is 0.0130. The highest BCUT2D eigenvalue weighted by molar-refractivity contribution is 5.30. The van der Waals surface area contributed by atoms with Crippen LogP contribution < -0.4 is 5.73 Å². The lowest BCUT2D eigenvalue weighted by atomic mass is 9.81. The quantitative estimate of drug-likeness (QED) is 0.891. The summed E-state index contributed by atoms with van der Waals surface area (Å²) in [4.78, 5) is 0. The van der Waals surface area contributed by atoms with Crippen molar-refractivity contribution in [2.45, 2.75) is 64.0 Å². The number of nitrogens with two attached hydrogens (primary N) is 1. The molecule has 0 saturated carbocycles. The number of ether oxygens (including phenoxy) is 1. The van der Waals surface area contributed by atoms with Crippen LogP contribution in [0.15, 0.2) is 24.3 Å². The van der Waals surface area contributed by atoms with Crippen molar-refractivity contribution in [1.29, 1.82) is 0 Å². The lowest BCUT2D eigenvalue weighted by Gasteiger charge is -2.29. The Morgan fingerprint density at radius 3 is 2.47 bits per heavy atom. The Morgan fingerprint density at radius 2 is 1.95 bits per heavy atom. The smallest absolute Gasteiger partial charge is 0.0767 e. The fourth-order valence-corrected chi connectivity index (χ4v) is 2.62. The van der Waals surface area contributed by atoms with Gasteiger partial charge < -0.3 is 10.5 Å². The topological polar surface area (TPSA) is 35.2 Å². The Morgan fingerprint density at radius 1 is 1.26 bits per heavy atom. The second-order valence-corrected chi connectivity index (χ2v) is 6.29. The predicted octanol–water partition coefficient (Wildman–Crippen LogP) is 3.94. The third kappa shape index (κ3) is 3.37. The van der Waals surface area contributed by atoms with Crippen LogP contribution in [0.25, 0.3) is 0 Å². The Bertz CT molecular complexity index is 390. The van der Waals surface area contributed by atoms with Gasteiger partial charge in [-0.25, -0.2) is 0 Å². The van der Waals surface area contributed by atoms with Gasteiger partial charge in [0.1, 0.15) is 0 Å². The molecule has 1 fully saturated rings. The van der Waals surface area contributed by atoms with E-state index in [1.54, 1.807) is 0 Å². The molecule has 1 aliphatic heterocycles. The molecule has 1 aliphatic rings. The van der Waals surface area contributed by atoms with Crippen LogP contribution in [0.1, 0.15) is 63.6 Å². The van der Waals surface area contributed by atoms with Gasteiger partial charge in [-0.1, -0.05) is 45.0 Å². The maximum atomic E-state index is 6.34. The maximum Gasteiger partial charge on any atom is 0.0767 e. The molecule has 19 heavy (non-hydrogen) atoms. The minimum absolute atomic E-state index is 0.0130. The molecule has 2 unspecified atom stereocenters. The summed E-state index contributed by atoms with van der Waals surface area (Å²) in [5, 5.41) is 0. The van der Waals surface area contributed by atoms with E-state index in [0.29, 0.717) is 0 Å². The van der Waals surface area contributed by atoms with Crippen LogP contribution in [-0.2, 0) is 10.2 Å². The second kappa shape index (κ2) is 6.06. The lowest BCUT2D eigenvalue weighted by Crippen LogP contribution is -2.31. The molecular formula is C17H27NO. The van der Waals surface area contributed by atoms with E-state index in [-0.39, 0.29) is 17.6 Å². The molecule has 106 valence electrons. The Hall–Kier alpha value is -0.860. The summed E-state index contributed by atoms with van der Waals surface area (Å²) >= 11 is 0. The van der Waals surface area contributed by atoms with Crippen LogP contribution in [0, 0.1) is 0 Å². The first-order valence-electron chi connectivity index (χ1n) is 7.52. The van der Waals surface area contributed by atoms with Gasteiger partial charge in [-0.3, -0.25) is 0 Å². The summed E-state index contributed by atoms with van der Waals surface area (Å²) < 4.78 is 5.79. The van der Waals surface area contributed by atoms with E-state index < -0.39 is 0 Å². The number of rotatable bonds is 4. The van der Waals surface area contributed by atoms with Crippen LogP contribution in [0.2, 0.25) is 0 Å². The molecule has 0 bridgehead atoms. The van der Waals surface area contributed by atoms with Crippen molar-refractivity contribution in [2.75, 3.05) is 6.61 Å². The maximum absolute atomic E-state index is 6.34. The molecule has 0 aliphatic carbocycles. The fourth-order valence-electron chi connectivity index (χ4n) is 2.62. The van der Waals surface area contributed by atoms with Gasteiger partial charge in [0.15, 0.2) is 0 Å². The third-order valence-corrected chi connectivity index (χ3v) is 4.58. The Balaban J connectivity index is 2.09. The highest BCUT2D eigenvalue weighted by atomic mass is 16.5. The molecule has 0 spiro atoms. The predicted molar refractivity (Wildman–Crippen MR) is 80.3 cm³/mol. The number of hydrogen-bond acceptors (Lipinski definition) is 2. The Labute approximate surface area is 117 Å². The van der Waals surface area contributed by atoms with Crippen LogP contribution in [0.5, 0.6) is 0 Å². The zero-order valence-corrected chi connectivity index (χ0v) is 12.5. The van der Waals surface area contributed by atoms with Crippen LogP contribution >= 0.6 is 0 Å². The molecule has 2 heteroatoms. The zero-order valence-electron chi connectivity index (χ0n) is 12.5. The third-order valence-electron chi connectivity index (χ3n) is 4.58. The second-order valence-electron chi connectivity index (χ2n) is 6.29. The standard InChI is InChI=1S/C17H27NO/c1-4-17(2,3)14-10-8-13(9-11-14)16(18)15-7-5-6-12-19-15/h8-11,15-16H,4-7,12,18H2,1-3H3. The average molecular weight is 261 g/mol. The van der Waals surface area contributed by atoms with E-state index >= 15 is 0 Å². The van der Waals surface area contributed by atoms with Gasteiger partial charge in [0.05, 0.1) is 12.1 Å². The number of benzene rings is 1. The van der Waals surface area contributed by atoms with Crippen LogP contribution in [0.3, 0.4) is 0 Å². The average Bonchev–Trinajstić information content (AvgIpc) is 2.47. The van der Waals surface area contributed by atoms with Crippen molar-refractivity contribution in [3.63, 3.8) is 0 Å². The van der Waals surface area contributed by atoms with Gasteiger partial charge in [0, 0.05) is 6.61 Å². The summed E-state index contributed by atoms with van der Waals surface area (Å²) in [7, 11) is 0. The summed E-state index contributed by atoms with van der Waals surface area (Å²) in [5.74, 6) is 0. The molecule has 2 N–H and O–H groups in total. The van der Waals surface area contributed by atoms with Crippen molar-refractivity contribution in [3.05, 3.63) is 35.4 Å². The van der Waals surface area contributed by atoms with E-state index in [1.807, 2.05) is 0 Å². The number of hydrogen-bond donors (Lipinski definition) is 1. The van der Waals surface area contributed by atoms with E-state index in [2.05, 4.69) is 45.0 Å². The molecule has 0 amide bonds. The Kier molecular flexibility index (Phi) is 4.64. The first kappa shape index (κ1) is 14.5. The largest absolute Gasteiger partial charge is 0.376 e. The van der Waals surface area contributed by atoms with Crippen molar-refractivity contribution in [1.82, 2.24) is 0 Å². The van der Waals surface area contributed by atoms with Crippen molar-refractivity contribution in [2.24, 2.45) is 5.73 Å². The van der Waals surface area contributed by atoms with Gasteiger partial charge in [-0.2, -0.15) is 0 Å². The van der Waals surface area contributed by atoms with Crippen LogP contribution in [-0.4, -0.2) is 12.7 Å². The van der Waals surface area contributed by atoms with E-state index in [1.165, 1.54) is 24.0 Å². The molecule has 0 radical (unpaired) electrons.